The summed E-state index contributed by atoms with van der Waals surface area (Å²) in [4.78, 5) is 0. The van der Waals surface area contributed by atoms with Gasteiger partial charge in [0.1, 0.15) is 12.4 Å². The lowest BCUT2D eigenvalue weighted by Crippen LogP contribution is -2.13. The van der Waals surface area contributed by atoms with Crippen molar-refractivity contribution < 1.29 is 14.2 Å². The van der Waals surface area contributed by atoms with E-state index in [1.165, 1.54) is 0 Å². The van der Waals surface area contributed by atoms with Gasteiger partial charge >= 0.3 is 0 Å². The second kappa shape index (κ2) is 7.93. The third-order valence-electron chi connectivity index (χ3n) is 4.29. The molecular weight excluding hydrogens is 326 g/mol. The molecule has 0 unspecified atom stereocenters. The van der Waals surface area contributed by atoms with Crippen LogP contribution in [0, 0.1) is 0 Å². The molecule has 0 fully saturated rings. The molecule has 1 heterocycles. The molecule has 0 amide bonds. The molecule has 3 aromatic rings. The molecule has 0 saturated carbocycles. The number of benzene rings is 3. The zero-order valence-electron chi connectivity index (χ0n) is 14.5. The molecule has 1 aliphatic rings. The number of hydrogen-bond donors (Lipinski definition) is 1. The highest BCUT2D eigenvalue weighted by atomic mass is 16.7. The minimum atomic E-state index is 0.304. The van der Waals surface area contributed by atoms with E-state index < -0.39 is 0 Å². The van der Waals surface area contributed by atoms with Crippen LogP contribution in [0.5, 0.6) is 17.2 Å². The van der Waals surface area contributed by atoms with Crippen molar-refractivity contribution in [3.05, 3.63) is 89.5 Å². The molecule has 4 heteroatoms. The summed E-state index contributed by atoms with van der Waals surface area (Å²) >= 11 is 0. The Labute approximate surface area is 153 Å². The van der Waals surface area contributed by atoms with Gasteiger partial charge in [0.15, 0.2) is 11.5 Å². The summed E-state index contributed by atoms with van der Waals surface area (Å²) in [6.07, 6.45) is 0. The number of hydrogen-bond acceptors (Lipinski definition) is 4. The van der Waals surface area contributed by atoms with Crippen LogP contribution in [0.4, 0.5) is 0 Å². The lowest BCUT2D eigenvalue weighted by atomic mass is 10.1. The standard InChI is InChI=1S/C22H21NO3/c1-2-6-17(7-3-1)15-24-20-9-5-4-8-19(20)14-23-13-18-10-11-21-22(12-18)26-16-25-21/h1-12,23H,13-16H2. The van der Waals surface area contributed by atoms with Gasteiger partial charge in [-0.25, -0.2) is 0 Å². The van der Waals surface area contributed by atoms with E-state index in [0.29, 0.717) is 13.4 Å². The van der Waals surface area contributed by atoms with E-state index in [1.54, 1.807) is 0 Å². The van der Waals surface area contributed by atoms with Crippen LogP contribution >= 0.6 is 0 Å². The first-order chi connectivity index (χ1) is 12.9. The third kappa shape index (κ3) is 3.98. The van der Waals surface area contributed by atoms with Crippen LogP contribution < -0.4 is 19.5 Å². The monoisotopic (exact) mass is 347 g/mol. The highest BCUT2D eigenvalue weighted by Gasteiger charge is 2.13. The second-order valence-corrected chi connectivity index (χ2v) is 6.17. The van der Waals surface area contributed by atoms with Gasteiger partial charge in [-0.1, -0.05) is 54.6 Å². The van der Waals surface area contributed by atoms with Gasteiger partial charge in [0.2, 0.25) is 6.79 Å². The Morgan fingerprint density at radius 1 is 0.769 bits per heavy atom. The van der Waals surface area contributed by atoms with E-state index in [0.717, 1.165) is 47.0 Å². The quantitative estimate of drug-likeness (QED) is 0.692. The fourth-order valence-corrected chi connectivity index (χ4v) is 2.92. The highest BCUT2D eigenvalue weighted by Crippen LogP contribution is 2.32. The summed E-state index contributed by atoms with van der Waals surface area (Å²) in [6.45, 7) is 2.36. The van der Waals surface area contributed by atoms with Gasteiger partial charge in [-0.15, -0.1) is 0 Å². The highest BCUT2D eigenvalue weighted by molar-refractivity contribution is 5.44. The maximum Gasteiger partial charge on any atom is 0.231 e. The van der Waals surface area contributed by atoms with Gasteiger partial charge in [0, 0.05) is 18.7 Å². The first-order valence-corrected chi connectivity index (χ1v) is 8.72. The summed E-state index contributed by atoms with van der Waals surface area (Å²) in [7, 11) is 0. The number of ether oxygens (including phenoxy) is 3. The first-order valence-electron chi connectivity index (χ1n) is 8.72. The van der Waals surface area contributed by atoms with Gasteiger partial charge in [-0.3, -0.25) is 0 Å². The van der Waals surface area contributed by atoms with Crippen molar-refractivity contribution in [3.63, 3.8) is 0 Å². The van der Waals surface area contributed by atoms with E-state index in [4.69, 9.17) is 14.2 Å². The zero-order chi connectivity index (χ0) is 17.6. The fourth-order valence-electron chi connectivity index (χ4n) is 2.92. The number of rotatable bonds is 7. The van der Waals surface area contributed by atoms with E-state index in [2.05, 4.69) is 29.6 Å². The Morgan fingerprint density at radius 3 is 2.50 bits per heavy atom. The van der Waals surface area contributed by atoms with Crippen molar-refractivity contribution in [1.82, 2.24) is 5.32 Å². The topological polar surface area (TPSA) is 39.7 Å². The number of nitrogens with one attached hydrogen (secondary N) is 1. The lowest BCUT2D eigenvalue weighted by molar-refractivity contribution is 0.174. The maximum absolute atomic E-state index is 6.01. The molecule has 0 radical (unpaired) electrons. The normalized spacial score (nSPS) is 12.2. The van der Waals surface area contributed by atoms with Gasteiger partial charge in [-0.05, 0) is 29.3 Å². The molecule has 4 rings (SSSR count). The van der Waals surface area contributed by atoms with Crippen molar-refractivity contribution >= 4 is 0 Å². The van der Waals surface area contributed by atoms with E-state index in [-0.39, 0.29) is 0 Å². The smallest absolute Gasteiger partial charge is 0.231 e. The van der Waals surface area contributed by atoms with E-state index >= 15 is 0 Å². The summed E-state index contributed by atoms with van der Waals surface area (Å²) in [5.74, 6) is 2.54. The number of para-hydroxylation sites is 1. The van der Waals surface area contributed by atoms with Crippen LogP contribution in [-0.4, -0.2) is 6.79 Å². The average Bonchev–Trinajstić information content (AvgIpc) is 3.16. The SMILES string of the molecule is c1ccc(COc2ccccc2CNCc2ccc3c(c2)OCO3)cc1. The van der Waals surface area contributed by atoms with Crippen molar-refractivity contribution in [2.45, 2.75) is 19.7 Å². The molecule has 0 saturated heterocycles. The predicted octanol–water partition coefficient (Wildman–Crippen LogP) is 4.28. The Hall–Kier alpha value is -2.98. The predicted molar refractivity (Wildman–Crippen MR) is 100 cm³/mol. The van der Waals surface area contributed by atoms with Gasteiger partial charge in [-0.2, -0.15) is 0 Å². The van der Waals surface area contributed by atoms with Crippen molar-refractivity contribution in [3.8, 4) is 17.2 Å². The van der Waals surface area contributed by atoms with Crippen molar-refractivity contribution in [2.75, 3.05) is 6.79 Å². The molecule has 4 nitrogen and oxygen atoms in total. The van der Waals surface area contributed by atoms with Gasteiger partial charge in [0.05, 0.1) is 0 Å². The summed E-state index contributed by atoms with van der Waals surface area (Å²) in [6, 6.07) is 24.4. The molecule has 0 bridgehead atoms. The molecule has 1 aliphatic heterocycles. The molecule has 3 aromatic carbocycles. The largest absolute Gasteiger partial charge is 0.489 e. The van der Waals surface area contributed by atoms with Crippen LogP contribution in [0.1, 0.15) is 16.7 Å². The Kier molecular flexibility index (Phi) is 5.03. The first kappa shape index (κ1) is 16.5. The van der Waals surface area contributed by atoms with Gasteiger partial charge in [0.25, 0.3) is 0 Å². The maximum atomic E-state index is 6.01. The Bertz CT molecular complexity index is 864. The molecular formula is C22H21NO3. The summed E-state index contributed by atoms with van der Waals surface area (Å²) in [5.41, 5.74) is 3.47. The van der Waals surface area contributed by atoms with E-state index in [1.807, 2.05) is 48.5 Å². The molecule has 26 heavy (non-hydrogen) atoms. The number of fused-ring (bicyclic) bond motifs is 1. The van der Waals surface area contributed by atoms with Crippen molar-refractivity contribution in [2.24, 2.45) is 0 Å². The van der Waals surface area contributed by atoms with Crippen LogP contribution in [0.3, 0.4) is 0 Å². The Balaban J connectivity index is 1.34. The minimum absolute atomic E-state index is 0.304. The molecule has 1 N–H and O–H groups in total. The summed E-state index contributed by atoms with van der Waals surface area (Å²) < 4.78 is 16.8. The van der Waals surface area contributed by atoms with Crippen LogP contribution in [0.15, 0.2) is 72.8 Å². The van der Waals surface area contributed by atoms with Crippen LogP contribution in [0.2, 0.25) is 0 Å². The fraction of sp³-hybridized carbons (Fsp3) is 0.182. The van der Waals surface area contributed by atoms with Crippen molar-refractivity contribution in [1.29, 1.82) is 0 Å². The molecule has 0 atom stereocenters. The lowest BCUT2D eigenvalue weighted by Gasteiger charge is -2.12. The molecule has 132 valence electrons. The third-order valence-corrected chi connectivity index (χ3v) is 4.29. The molecule has 0 spiro atoms. The minimum Gasteiger partial charge on any atom is -0.489 e. The average molecular weight is 347 g/mol. The summed E-state index contributed by atoms with van der Waals surface area (Å²) in [5, 5.41) is 3.47. The zero-order valence-corrected chi connectivity index (χ0v) is 14.5. The van der Waals surface area contributed by atoms with Gasteiger partial charge < -0.3 is 19.5 Å². The van der Waals surface area contributed by atoms with E-state index in [9.17, 15) is 0 Å². The Morgan fingerprint density at radius 2 is 1.58 bits per heavy atom. The molecule has 0 aliphatic carbocycles. The van der Waals surface area contributed by atoms with Crippen LogP contribution in [-0.2, 0) is 19.7 Å². The van der Waals surface area contributed by atoms with Crippen LogP contribution in [0.25, 0.3) is 0 Å². The second-order valence-electron chi connectivity index (χ2n) is 6.17. The molecule has 0 aromatic heterocycles.